The second-order valence-electron chi connectivity index (χ2n) is 5.72. The number of ether oxygens (including phenoxy) is 2. The van der Waals surface area contributed by atoms with Gasteiger partial charge in [-0.1, -0.05) is 42.5 Å². The van der Waals surface area contributed by atoms with Crippen molar-refractivity contribution in [1.29, 1.82) is 0 Å². The van der Waals surface area contributed by atoms with E-state index in [0.717, 1.165) is 17.4 Å². The van der Waals surface area contributed by atoms with Gasteiger partial charge in [0.2, 0.25) is 0 Å². The van der Waals surface area contributed by atoms with Crippen molar-refractivity contribution in [2.75, 3.05) is 6.61 Å². The third-order valence-corrected chi connectivity index (χ3v) is 3.89. The number of carbonyl (C=O) groups excluding carboxylic acids is 1. The van der Waals surface area contributed by atoms with Crippen LogP contribution in [0, 0.1) is 5.82 Å². The minimum atomic E-state index is -0.317. The van der Waals surface area contributed by atoms with Crippen molar-refractivity contribution >= 4 is 6.29 Å². The van der Waals surface area contributed by atoms with Gasteiger partial charge in [-0.15, -0.1) is 0 Å². The van der Waals surface area contributed by atoms with Gasteiger partial charge in [0, 0.05) is 5.56 Å². The van der Waals surface area contributed by atoms with Crippen LogP contribution in [-0.4, -0.2) is 12.9 Å². The van der Waals surface area contributed by atoms with Crippen LogP contribution in [-0.2, 0) is 6.61 Å². The summed E-state index contributed by atoms with van der Waals surface area (Å²) in [6.45, 7) is 2.66. The molecule has 3 aromatic carbocycles. The van der Waals surface area contributed by atoms with Crippen LogP contribution < -0.4 is 9.47 Å². The average molecular weight is 350 g/mol. The van der Waals surface area contributed by atoms with Crippen LogP contribution in [0.1, 0.15) is 22.8 Å². The third-order valence-electron chi connectivity index (χ3n) is 3.89. The van der Waals surface area contributed by atoms with Gasteiger partial charge >= 0.3 is 0 Å². The first kappa shape index (κ1) is 17.7. The summed E-state index contributed by atoms with van der Waals surface area (Å²) in [6.07, 6.45) is 0.756. The molecule has 0 amide bonds. The Labute approximate surface area is 152 Å². The average Bonchev–Trinajstić information content (AvgIpc) is 2.68. The summed E-state index contributed by atoms with van der Waals surface area (Å²) in [4.78, 5) is 11.3. The fraction of sp³-hybridized carbons (Fsp3) is 0.136. The number of halogens is 1. The Hall–Kier alpha value is -3.14. The summed E-state index contributed by atoms with van der Waals surface area (Å²) in [5.41, 5.74) is 2.93. The van der Waals surface area contributed by atoms with Crippen LogP contribution in [0.4, 0.5) is 4.39 Å². The van der Waals surface area contributed by atoms with Crippen LogP contribution in [0.3, 0.4) is 0 Å². The van der Waals surface area contributed by atoms with E-state index in [-0.39, 0.29) is 5.82 Å². The van der Waals surface area contributed by atoms with Crippen molar-refractivity contribution in [2.24, 2.45) is 0 Å². The predicted octanol–water partition coefficient (Wildman–Crippen LogP) is 5.28. The summed E-state index contributed by atoms with van der Waals surface area (Å²) in [5.74, 6) is 0.739. The zero-order valence-corrected chi connectivity index (χ0v) is 14.4. The number of benzene rings is 3. The molecule has 0 N–H and O–H groups in total. The lowest BCUT2D eigenvalue weighted by Crippen LogP contribution is -2.02. The maximum atomic E-state index is 13.3. The predicted molar refractivity (Wildman–Crippen MR) is 99.2 cm³/mol. The van der Waals surface area contributed by atoms with Crippen LogP contribution in [0.2, 0.25) is 0 Å². The van der Waals surface area contributed by atoms with Gasteiger partial charge in [0.25, 0.3) is 0 Å². The zero-order valence-electron chi connectivity index (χ0n) is 14.4. The summed E-state index contributed by atoms with van der Waals surface area (Å²) in [6, 6.07) is 19.2. The smallest absolute Gasteiger partial charge is 0.150 e. The third kappa shape index (κ3) is 4.09. The molecule has 0 radical (unpaired) electrons. The molecule has 0 aliphatic carbocycles. The number of hydrogen-bond donors (Lipinski definition) is 0. The maximum Gasteiger partial charge on any atom is 0.150 e. The molecule has 0 aliphatic heterocycles. The van der Waals surface area contributed by atoms with Crippen molar-refractivity contribution in [2.45, 2.75) is 13.5 Å². The van der Waals surface area contributed by atoms with Gasteiger partial charge < -0.3 is 9.47 Å². The second-order valence-corrected chi connectivity index (χ2v) is 5.72. The Kier molecular flexibility index (Phi) is 5.64. The van der Waals surface area contributed by atoms with E-state index >= 15 is 0 Å². The van der Waals surface area contributed by atoms with Gasteiger partial charge in [-0.3, -0.25) is 4.79 Å². The van der Waals surface area contributed by atoms with E-state index in [0.29, 0.717) is 35.8 Å². The summed E-state index contributed by atoms with van der Waals surface area (Å²) >= 11 is 0. The highest BCUT2D eigenvalue weighted by Crippen LogP contribution is 2.40. The molecular formula is C22H19FO3. The molecule has 0 spiro atoms. The fourth-order valence-electron chi connectivity index (χ4n) is 2.70. The Morgan fingerprint density at radius 1 is 0.923 bits per heavy atom. The largest absolute Gasteiger partial charge is 0.493 e. The minimum absolute atomic E-state index is 0.317. The van der Waals surface area contributed by atoms with E-state index in [9.17, 15) is 9.18 Å². The van der Waals surface area contributed by atoms with Gasteiger partial charge in [0.1, 0.15) is 30.2 Å². The first-order valence-electron chi connectivity index (χ1n) is 8.40. The number of aldehydes is 1. The van der Waals surface area contributed by atoms with Gasteiger partial charge in [-0.2, -0.15) is 0 Å². The van der Waals surface area contributed by atoms with E-state index in [4.69, 9.17) is 9.47 Å². The molecule has 3 aromatic rings. The second kappa shape index (κ2) is 8.30. The van der Waals surface area contributed by atoms with Gasteiger partial charge in [-0.05, 0) is 42.3 Å². The monoisotopic (exact) mass is 350 g/mol. The lowest BCUT2D eigenvalue weighted by Gasteiger charge is -2.17. The molecule has 3 nitrogen and oxygen atoms in total. The molecule has 0 aliphatic rings. The number of carbonyl (C=O) groups is 1. The lowest BCUT2D eigenvalue weighted by molar-refractivity contribution is 0.112. The molecule has 0 aromatic heterocycles. The Bertz CT molecular complexity index is 874. The molecule has 132 valence electrons. The van der Waals surface area contributed by atoms with Crippen molar-refractivity contribution in [3.63, 3.8) is 0 Å². The molecule has 0 bridgehead atoms. The number of hydrogen-bond acceptors (Lipinski definition) is 3. The Morgan fingerprint density at radius 2 is 1.58 bits per heavy atom. The summed E-state index contributed by atoms with van der Waals surface area (Å²) in [5, 5.41) is 0. The first-order chi connectivity index (χ1) is 12.7. The molecule has 0 saturated carbocycles. The molecule has 3 rings (SSSR count). The Balaban J connectivity index is 2.05. The van der Waals surface area contributed by atoms with Gasteiger partial charge in [0.05, 0.1) is 12.2 Å². The zero-order chi connectivity index (χ0) is 18.4. The highest BCUT2D eigenvalue weighted by atomic mass is 19.1. The summed E-state index contributed by atoms with van der Waals surface area (Å²) in [7, 11) is 0. The molecule has 0 fully saturated rings. The highest BCUT2D eigenvalue weighted by Gasteiger charge is 2.16. The standard InChI is InChI=1S/C22H19FO3/c1-2-25-20-12-17(14-24)13-21(26-15-16-6-4-3-5-7-16)22(20)18-8-10-19(23)11-9-18/h3-14H,2,15H2,1H3. The van der Waals surface area contributed by atoms with Crippen LogP contribution >= 0.6 is 0 Å². The lowest BCUT2D eigenvalue weighted by atomic mass is 10.0. The topological polar surface area (TPSA) is 35.5 Å². The van der Waals surface area contributed by atoms with Crippen molar-refractivity contribution in [3.05, 3.63) is 83.7 Å². The molecule has 0 unspecified atom stereocenters. The van der Waals surface area contributed by atoms with E-state index < -0.39 is 0 Å². The molecule has 0 saturated heterocycles. The van der Waals surface area contributed by atoms with E-state index in [1.807, 2.05) is 37.3 Å². The Morgan fingerprint density at radius 3 is 2.19 bits per heavy atom. The maximum absolute atomic E-state index is 13.3. The van der Waals surface area contributed by atoms with E-state index in [2.05, 4.69) is 0 Å². The minimum Gasteiger partial charge on any atom is -0.493 e. The first-order valence-corrected chi connectivity index (χ1v) is 8.40. The molecule has 0 atom stereocenters. The van der Waals surface area contributed by atoms with E-state index in [1.54, 1.807) is 24.3 Å². The fourth-order valence-corrected chi connectivity index (χ4v) is 2.70. The van der Waals surface area contributed by atoms with Crippen molar-refractivity contribution in [3.8, 4) is 22.6 Å². The molecule has 0 heterocycles. The highest BCUT2D eigenvalue weighted by molar-refractivity contribution is 5.84. The van der Waals surface area contributed by atoms with Gasteiger partial charge in [0.15, 0.2) is 0 Å². The van der Waals surface area contributed by atoms with Crippen LogP contribution in [0.15, 0.2) is 66.7 Å². The molecular weight excluding hydrogens is 331 g/mol. The molecule has 4 heteroatoms. The van der Waals surface area contributed by atoms with Crippen molar-refractivity contribution in [1.82, 2.24) is 0 Å². The number of rotatable bonds is 7. The van der Waals surface area contributed by atoms with Crippen molar-refractivity contribution < 1.29 is 18.7 Å². The quantitative estimate of drug-likeness (QED) is 0.544. The van der Waals surface area contributed by atoms with Crippen LogP contribution in [0.25, 0.3) is 11.1 Å². The summed E-state index contributed by atoms with van der Waals surface area (Å²) < 4.78 is 25.1. The molecule has 26 heavy (non-hydrogen) atoms. The normalized spacial score (nSPS) is 10.4. The van der Waals surface area contributed by atoms with E-state index in [1.165, 1.54) is 12.1 Å². The SMILES string of the molecule is CCOc1cc(C=O)cc(OCc2ccccc2)c1-c1ccc(F)cc1. The van der Waals surface area contributed by atoms with Gasteiger partial charge in [-0.25, -0.2) is 4.39 Å². The van der Waals surface area contributed by atoms with Crippen LogP contribution in [0.5, 0.6) is 11.5 Å².